The summed E-state index contributed by atoms with van der Waals surface area (Å²) in [6.45, 7) is 2.25. The Morgan fingerprint density at radius 3 is 2.65 bits per heavy atom. The molecule has 0 spiro atoms. The number of hydrogen-bond donors (Lipinski definition) is 2. The number of methoxy groups -OCH3 is 1. The number of hydrogen-bond acceptors (Lipinski definition) is 5. The molecule has 3 N–H and O–H groups in total. The van der Waals surface area contributed by atoms with Gasteiger partial charge in [-0.3, -0.25) is 4.79 Å². The monoisotopic (exact) mass is 291 g/mol. The maximum absolute atomic E-state index is 11.4. The number of aryl methyl sites for hydroxylation is 1. The van der Waals surface area contributed by atoms with Crippen molar-refractivity contribution in [2.75, 3.05) is 13.7 Å². The molecule has 0 amide bonds. The summed E-state index contributed by atoms with van der Waals surface area (Å²) in [5, 5.41) is 0.618. The molecule has 1 aromatic carbocycles. The molecule has 0 bridgehead atoms. The van der Waals surface area contributed by atoms with Crippen molar-refractivity contribution in [3.8, 4) is 5.75 Å². The third-order valence-corrected chi connectivity index (χ3v) is 3.97. The zero-order valence-electron chi connectivity index (χ0n) is 11.4. The van der Waals surface area contributed by atoms with Crippen LogP contribution in [-0.2, 0) is 0 Å². The number of aromatic amines is 1. The molecule has 0 saturated carbocycles. The fourth-order valence-corrected chi connectivity index (χ4v) is 2.83. The minimum absolute atomic E-state index is 0.0332. The lowest BCUT2D eigenvalue weighted by molar-refractivity contribution is 0.414. The normalized spacial score (nSPS) is 12.2. The standard InChI is InChI=1S/C14H17N3O2S/c1-9-7-13(18)17-14(16-9)20-12(8-15)10-3-5-11(19-2)6-4-10/h3-7,12H,8,15H2,1-2H3,(H,16,17,18). The van der Waals surface area contributed by atoms with Crippen molar-refractivity contribution in [3.05, 3.63) is 51.9 Å². The molecule has 0 radical (unpaired) electrons. The average Bonchev–Trinajstić information content (AvgIpc) is 2.44. The molecule has 6 heteroatoms. The second kappa shape index (κ2) is 6.58. The smallest absolute Gasteiger partial charge is 0.251 e. The summed E-state index contributed by atoms with van der Waals surface area (Å²) in [4.78, 5) is 18.5. The molecular formula is C14H17N3O2S. The van der Waals surface area contributed by atoms with Crippen LogP contribution in [0.2, 0.25) is 0 Å². The molecule has 0 aliphatic carbocycles. The maximum Gasteiger partial charge on any atom is 0.251 e. The third kappa shape index (κ3) is 3.61. The predicted molar refractivity (Wildman–Crippen MR) is 80.2 cm³/mol. The number of nitrogens with zero attached hydrogens (tertiary/aromatic N) is 1. The number of H-pyrrole nitrogens is 1. The Hall–Kier alpha value is -1.79. The average molecular weight is 291 g/mol. The SMILES string of the molecule is COc1ccc(C(CN)Sc2nc(C)cc(=O)[nH]2)cc1. The number of thioether (sulfide) groups is 1. The molecular weight excluding hydrogens is 274 g/mol. The van der Waals surface area contributed by atoms with E-state index in [4.69, 9.17) is 10.5 Å². The van der Waals surface area contributed by atoms with Crippen LogP contribution in [0.5, 0.6) is 5.75 Å². The van der Waals surface area contributed by atoms with Gasteiger partial charge in [-0.05, 0) is 24.6 Å². The summed E-state index contributed by atoms with van der Waals surface area (Å²) in [5.41, 5.74) is 7.45. The predicted octanol–water partition coefficient (Wildman–Crippen LogP) is 1.88. The Labute approximate surface area is 121 Å². The van der Waals surface area contributed by atoms with Gasteiger partial charge >= 0.3 is 0 Å². The van der Waals surface area contributed by atoms with E-state index in [2.05, 4.69) is 9.97 Å². The van der Waals surface area contributed by atoms with E-state index in [1.807, 2.05) is 24.3 Å². The number of benzene rings is 1. The first-order valence-electron chi connectivity index (χ1n) is 6.21. The van der Waals surface area contributed by atoms with Crippen molar-refractivity contribution >= 4 is 11.8 Å². The van der Waals surface area contributed by atoms with E-state index < -0.39 is 0 Å². The minimum atomic E-state index is -0.148. The van der Waals surface area contributed by atoms with Crippen LogP contribution in [-0.4, -0.2) is 23.6 Å². The first-order chi connectivity index (χ1) is 9.62. The summed E-state index contributed by atoms with van der Waals surface area (Å²) in [6.07, 6.45) is 0. The number of aromatic nitrogens is 2. The summed E-state index contributed by atoms with van der Waals surface area (Å²) in [6, 6.07) is 9.19. The quantitative estimate of drug-likeness (QED) is 0.649. The molecule has 2 rings (SSSR count). The number of rotatable bonds is 5. The molecule has 106 valence electrons. The largest absolute Gasteiger partial charge is 0.497 e. The highest BCUT2D eigenvalue weighted by Gasteiger charge is 2.13. The lowest BCUT2D eigenvalue weighted by Gasteiger charge is -2.14. The van der Waals surface area contributed by atoms with Crippen LogP contribution in [0.15, 0.2) is 40.3 Å². The molecule has 1 unspecified atom stereocenters. The zero-order valence-corrected chi connectivity index (χ0v) is 12.2. The lowest BCUT2D eigenvalue weighted by Crippen LogP contribution is -2.13. The molecule has 5 nitrogen and oxygen atoms in total. The van der Waals surface area contributed by atoms with Gasteiger partial charge in [0.2, 0.25) is 0 Å². The second-order valence-electron chi connectivity index (χ2n) is 4.31. The van der Waals surface area contributed by atoms with Crippen molar-refractivity contribution in [2.45, 2.75) is 17.3 Å². The Morgan fingerprint density at radius 2 is 2.10 bits per heavy atom. The number of nitrogens with one attached hydrogen (secondary N) is 1. The molecule has 1 aromatic heterocycles. The lowest BCUT2D eigenvalue weighted by atomic mass is 10.1. The molecule has 0 aliphatic rings. The van der Waals surface area contributed by atoms with E-state index in [-0.39, 0.29) is 10.8 Å². The van der Waals surface area contributed by atoms with Crippen LogP contribution in [0, 0.1) is 6.92 Å². The maximum atomic E-state index is 11.4. The molecule has 1 heterocycles. The van der Waals surface area contributed by atoms with Crippen LogP contribution in [0.1, 0.15) is 16.5 Å². The van der Waals surface area contributed by atoms with Gasteiger partial charge in [0.15, 0.2) is 5.16 Å². The van der Waals surface area contributed by atoms with Crippen molar-refractivity contribution in [1.82, 2.24) is 9.97 Å². The molecule has 0 saturated heterocycles. The molecule has 20 heavy (non-hydrogen) atoms. The topological polar surface area (TPSA) is 81.0 Å². The van der Waals surface area contributed by atoms with E-state index in [9.17, 15) is 4.79 Å². The molecule has 0 aliphatic heterocycles. The van der Waals surface area contributed by atoms with Crippen molar-refractivity contribution < 1.29 is 4.74 Å². The van der Waals surface area contributed by atoms with Crippen LogP contribution < -0.4 is 16.0 Å². The third-order valence-electron chi connectivity index (χ3n) is 2.80. The summed E-state index contributed by atoms with van der Waals surface area (Å²) >= 11 is 1.45. The van der Waals surface area contributed by atoms with Crippen LogP contribution in [0.25, 0.3) is 0 Å². The van der Waals surface area contributed by atoms with E-state index in [1.54, 1.807) is 14.0 Å². The summed E-state index contributed by atoms with van der Waals surface area (Å²) < 4.78 is 5.13. The molecule has 1 atom stereocenters. The van der Waals surface area contributed by atoms with Crippen LogP contribution in [0.4, 0.5) is 0 Å². The van der Waals surface area contributed by atoms with Crippen molar-refractivity contribution in [2.24, 2.45) is 5.73 Å². The Balaban J connectivity index is 2.21. The van der Waals surface area contributed by atoms with Gasteiger partial charge in [0.05, 0.1) is 7.11 Å². The van der Waals surface area contributed by atoms with E-state index in [1.165, 1.54) is 17.8 Å². The Kier molecular flexibility index (Phi) is 4.81. The van der Waals surface area contributed by atoms with Gasteiger partial charge < -0.3 is 15.5 Å². The van der Waals surface area contributed by atoms with Gasteiger partial charge in [0.25, 0.3) is 5.56 Å². The second-order valence-corrected chi connectivity index (χ2v) is 5.50. The number of ether oxygens (including phenoxy) is 1. The highest BCUT2D eigenvalue weighted by molar-refractivity contribution is 7.99. The van der Waals surface area contributed by atoms with Crippen LogP contribution in [0.3, 0.4) is 0 Å². The first-order valence-corrected chi connectivity index (χ1v) is 7.09. The Morgan fingerprint density at radius 1 is 1.40 bits per heavy atom. The van der Waals surface area contributed by atoms with Gasteiger partial charge in [-0.15, -0.1) is 0 Å². The summed E-state index contributed by atoms with van der Waals surface area (Å²) in [5.74, 6) is 0.802. The van der Waals surface area contributed by atoms with E-state index >= 15 is 0 Å². The number of nitrogens with two attached hydrogens (primary N) is 1. The van der Waals surface area contributed by atoms with E-state index in [0.29, 0.717) is 17.4 Å². The van der Waals surface area contributed by atoms with Gasteiger partial charge in [-0.1, -0.05) is 23.9 Å². The highest BCUT2D eigenvalue weighted by atomic mass is 32.2. The van der Waals surface area contributed by atoms with Gasteiger partial charge in [-0.2, -0.15) is 0 Å². The summed E-state index contributed by atoms with van der Waals surface area (Å²) in [7, 11) is 1.63. The van der Waals surface area contributed by atoms with Gasteiger partial charge in [0.1, 0.15) is 5.75 Å². The van der Waals surface area contributed by atoms with Crippen molar-refractivity contribution in [1.29, 1.82) is 0 Å². The van der Waals surface area contributed by atoms with Crippen molar-refractivity contribution in [3.63, 3.8) is 0 Å². The fraction of sp³-hybridized carbons (Fsp3) is 0.286. The molecule has 2 aromatic rings. The minimum Gasteiger partial charge on any atom is -0.497 e. The Bertz CT molecular complexity index is 625. The zero-order chi connectivity index (χ0) is 14.5. The first kappa shape index (κ1) is 14.6. The van der Waals surface area contributed by atoms with Gasteiger partial charge in [0, 0.05) is 23.6 Å². The van der Waals surface area contributed by atoms with E-state index in [0.717, 1.165) is 11.3 Å². The van der Waals surface area contributed by atoms with Gasteiger partial charge in [-0.25, -0.2) is 4.98 Å². The molecule has 0 fully saturated rings. The fourth-order valence-electron chi connectivity index (χ4n) is 1.81. The van der Waals surface area contributed by atoms with Crippen LogP contribution >= 0.6 is 11.8 Å². The highest BCUT2D eigenvalue weighted by Crippen LogP contribution is 2.32.